The second kappa shape index (κ2) is 7.90. The molecule has 0 unspecified atom stereocenters. The van der Waals surface area contributed by atoms with Crippen molar-refractivity contribution in [3.63, 3.8) is 0 Å². The topological polar surface area (TPSA) is 74.1 Å². The molecular weight excluding hydrogens is 364 g/mol. The number of nitrogens with one attached hydrogen (secondary N) is 1. The average molecular weight is 382 g/mol. The van der Waals surface area contributed by atoms with Gasteiger partial charge in [-0.1, -0.05) is 43.0 Å². The van der Waals surface area contributed by atoms with Gasteiger partial charge in [-0.15, -0.1) is 0 Å². The number of fused-ring (bicyclic) bond motifs is 1. The fourth-order valence-corrected chi connectivity index (χ4v) is 3.07. The van der Waals surface area contributed by atoms with Crippen molar-refractivity contribution in [1.29, 1.82) is 0 Å². The van der Waals surface area contributed by atoms with Gasteiger partial charge in [-0.2, -0.15) is 10.2 Å². The standard InChI is InChI=1S/C23H18N4O2/c1-16-20-9-5-6-10-21(20)23(29)27(16)15-22(28)24-17-11-13-19(14-12-17)26-25-18-7-3-2-4-8-18/h2-14H,1,15H2,(H,24,28). The lowest BCUT2D eigenvalue weighted by Crippen LogP contribution is -2.32. The van der Waals surface area contributed by atoms with Crippen molar-refractivity contribution >= 4 is 34.6 Å². The molecule has 0 atom stereocenters. The lowest BCUT2D eigenvalue weighted by atomic mass is 10.1. The fourth-order valence-electron chi connectivity index (χ4n) is 3.07. The Bertz CT molecular complexity index is 1070. The zero-order valence-corrected chi connectivity index (χ0v) is 15.6. The highest BCUT2D eigenvalue weighted by molar-refractivity contribution is 6.11. The number of nitrogens with zero attached hydrogens (tertiary/aromatic N) is 3. The van der Waals surface area contributed by atoms with Gasteiger partial charge in [0.2, 0.25) is 5.91 Å². The third-order valence-electron chi connectivity index (χ3n) is 4.53. The smallest absolute Gasteiger partial charge is 0.259 e. The first kappa shape index (κ1) is 18.3. The predicted octanol–water partition coefficient (Wildman–Crippen LogP) is 5.17. The van der Waals surface area contributed by atoms with Crippen molar-refractivity contribution in [3.8, 4) is 0 Å². The van der Waals surface area contributed by atoms with Gasteiger partial charge in [0.1, 0.15) is 6.54 Å². The number of amides is 2. The third kappa shape index (κ3) is 3.96. The first-order valence-electron chi connectivity index (χ1n) is 9.09. The van der Waals surface area contributed by atoms with Gasteiger partial charge in [0.25, 0.3) is 5.91 Å². The van der Waals surface area contributed by atoms with Crippen LogP contribution in [0.3, 0.4) is 0 Å². The lowest BCUT2D eigenvalue weighted by Gasteiger charge is -2.17. The van der Waals surface area contributed by atoms with Crippen LogP contribution in [0.15, 0.2) is 95.7 Å². The first-order chi connectivity index (χ1) is 14.1. The van der Waals surface area contributed by atoms with E-state index in [1.807, 2.05) is 42.5 Å². The molecule has 29 heavy (non-hydrogen) atoms. The van der Waals surface area contributed by atoms with E-state index in [1.165, 1.54) is 4.90 Å². The molecule has 142 valence electrons. The maximum absolute atomic E-state index is 12.5. The normalized spacial score (nSPS) is 13.0. The molecule has 1 aliphatic rings. The summed E-state index contributed by atoms with van der Waals surface area (Å²) >= 11 is 0. The summed E-state index contributed by atoms with van der Waals surface area (Å²) in [5.41, 5.74) is 3.92. The van der Waals surface area contributed by atoms with E-state index in [0.29, 0.717) is 22.6 Å². The molecule has 0 fully saturated rings. The van der Waals surface area contributed by atoms with Crippen LogP contribution in [-0.2, 0) is 4.79 Å². The Morgan fingerprint density at radius 3 is 2.07 bits per heavy atom. The van der Waals surface area contributed by atoms with Gasteiger partial charge in [-0.25, -0.2) is 0 Å². The second-order valence-corrected chi connectivity index (χ2v) is 6.51. The van der Waals surface area contributed by atoms with Crippen LogP contribution >= 0.6 is 0 Å². The van der Waals surface area contributed by atoms with E-state index in [4.69, 9.17) is 0 Å². The van der Waals surface area contributed by atoms with Gasteiger partial charge in [0.15, 0.2) is 0 Å². The number of carbonyl (C=O) groups is 2. The van der Waals surface area contributed by atoms with Crippen LogP contribution in [0, 0.1) is 0 Å². The summed E-state index contributed by atoms with van der Waals surface area (Å²) in [6.45, 7) is 3.85. The van der Waals surface area contributed by atoms with Gasteiger partial charge in [0, 0.05) is 22.5 Å². The molecule has 0 radical (unpaired) electrons. The van der Waals surface area contributed by atoms with Gasteiger partial charge < -0.3 is 5.32 Å². The molecule has 0 saturated carbocycles. The average Bonchev–Trinajstić information content (AvgIpc) is 2.99. The number of hydrogen-bond donors (Lipinski definition) is 1. The monoisotopic (exact) mass is 382 g/mol. The molecule has 4 rings (SSSR count). The van der Waals surface area contributed by atoms with Crippen molar-refractivity contribution in [3.05, 3.63) is 96.6 Å². The SMILES string of the molecule is C=C1c2ccccc2C(=O)N1CC(=O)Nc1ccc(N=Nc2ccccc2)cc1. The third-order valence-corrected chi connectivity index (χ3v) is 4.53. The van der Waals surface area contributed by atoms with Gasteiger partial charge in [-0.3, -0.25) is 14.5 Å². The maximum Gasteiger partial charge on any atom is 0.259 e. The molecule has 3 aromatic carbocycles. The number of carbonyl (C=O) groups excluding carboxylic acids is 2. The minimum atomic E-state index is -0.300. The van der Waals surface area contributed by atoms with Crippen molar-refractivity contribution in [2.45, 2.75) is 0 Å². The summed E-state index contributed by atoms with van der Waals surface area (Å²) < 4.78 is 0. The van der Waals surface area contributed by atoms with Crippen molar-refractivity contribution in [1.82, 2.24) is 4.90 Å². The summed E-state index contributed by atoms with van der Waals surface area (Å²) in [4.78, 5) is 26.3. The number of anilines is 1. The van der Waals surface area contributed by atoms with Crippen LogP contribution in [0.2, 0.25) is 0 Å². The Morgan fingerprint density at radius 2 is 1.41 bits per heavy atom. The summed E-state index contributed by atoms with van der Waals surface area (Å²) in [7, 11) is 0. The van der Waals surface area contributed by atoms with E-state index < -0.39 is 0 Å². The Hall–Kier alpha value is -4.06. The number of azo groups is 1. The predicted molar refractivity (Wildman–Crippen MR) is 112 cm³/mol. The molecule has 6 heteroatoms. The van der Waals surface area contributed by atoms with E-state index in [2.05, 4.69) is 22.1 Å². The van der Waals surface area contributed by atoms with Crippen LogP contribution in [0.4, 0.5) is 17.1 Å². The second-order valence-electron chi connectivity index (χ2n) is 6.51. The van der Waals surface area contributed by atoms with E-state index in [-0.39, 0.29) is 18.4 Å². The van der Waals surface area contributed by atoms with Crippen LogP contribution in [-0.4, -0.2) is 23.3 Å². The van der Waals surface area contributed by atoms with E-state index in [1.54, 1.807) is 36.4 Å². The molecule has 1 N–H and O–H groups in total. The Labute approximate surface area is 168 Å². The minimum Gasteiger partial charge on any atom is -0.325 e. The molecule has 1 aliphatic heterocycles. The highest BCUT2D eigenvalue weighted by Crippen LogP contribution is 2.30. The van der Waals surface area contributed by atoms with E-state index in [9.17, 15) is 9.59 Å². The molecule has 2 amide bonds. The zero-order chi connectivity index (χ0) is 20.2. The number of hydrogen-bond acceptors (Lipinski definition) is 4. The van der Waals surface area contributed by atoms with E-state index >= 15 is 0 Å². The molecule has 1 heterocycles. The number of benzene rings is 3. The lowest BCUT2D eigenvalue weighted by molar-refractivity contribution is -0.116. The van der Waals surface area contributed by atoms with Crippen LogP contribution in [0.25, 0.3) is 5.70 Å². The van der Waals surface area contributed by atoms with Gasteiger partial charge in [-0.05, 0) is 42.5 Å². The molecule has 0 saturated heterocycles. The summed E-state index contributed by atoms with van der Waals surface area (Å²) in [6.07, 6.45) is 0. The Morgan fingerprint density at radius 1 is 0.828 bits per heavy atom. The van der Waals surface area contributed by atoms with Gasteiger partial charge in [0.05, 0.1) is 11.4 Å². The van der Waals surface area contributed by atoms with Crippen molar-refractivity contribution in [2.75, 3.05) is 11.9 Å². The zero-order valence-electron chi connectivity index (χ0n) is 15.6. The van der Waals surface area contributed by atoms with Crippen molar-refractivity contribution in [2.24, 2.45) is 10.2 Å². The highest BCUT2D eigenvalue weighted by atomic mass is 16.2. The molecule has 6 nitrogen and oxygen atoms in total. The Kier molecular flexibility index (Phi) is 4.99. The number of rotatable bonds is 5. The van der Waals surface area contributed by atoms with Crippen molar-refractivity contribution < 1.29 is 9.59 Å². The van der Waals surface area contributed by atoms with Crippen LogP contribution in [0.1, 0.15) is 15.9 Å². The molecule has 3 aromatic rings. The summed E-state index contributed by atoms with van der Waals surface area (Å²) in [5, 5.41) is 11.1. The molecule has 0 spiro atoms. The van der Waals surface area contributed by atoms with Crippen LogP contribution < -0.4 is 5.32 Å². The quantitative estimate of drug-likeness (QED) is 0.618. The minimum absolute atomic E-state index is 0.0954. The highest BCUT2D eigenvalue weighted by Gasteiger charge is 2.31. The Balaban J connectivity index is 1.37. The van der Waals surface area contributed by atoms with Crippen LogP contribution in [0.5, 0.6) is 0 Å². The molecule has 0 bridgehead atoms. The summed E-state index contributed by atoms with van der Waals surface area (Å²) in [5.74, 6) is -0.511. The fraction of sp³-hybridized carbons (Fsp3) is 0.0435. The molecular formula is C23H18N4O2. The first-order valence-corrected chi connectivity index (χ1v) is 9.09. The largest absolute Gasteiger partial charge is 0.325 e. The molecule has 0 aliphatic carbocycles. The maximum atomic E-state index is 12.5. The molecule has 0 aromatic heterocycles. The summed E-state index contributed by atoms with van der Waals surface area (Å²) in [6, 6.07) is 23.7. The van der Waals surface area contributed by atoms with E-state index in [0.717, 1.165) is 11.3 Å². The van der Waals surface area contributed by atoms with Gasteiger partial charge >= 0.3 is 0 Å².